The Balaban J connectivity index is 2.30. The van der Waals surface area contributed by atoms with Gasteiger partial charge in [-0.2, -0.15) is 0 Å². The fraction of sp³-hybridized carbons (Fsp3) is 0.214. The number of hydrogen-bond acceptors (Lipinski definition) is 4. The van der Waals surface area contributed by atoms with Gasteiger partial charge in [-0.3, -0.25) is 4.72 Å². The van der Waals surface area contributed by atoms with Gasteiger partial charge in [0, 0.05) is 0 Å². The molecule has 0 unspecified atom stereocenters. The van der Waals surface area contributed by atoms with Crippen LogP contribution in [-0.2, 0) is 16.4 Å². The summed E-state index contributed by atoms with van der Waals surface area (Å²) in [6, 6.07) is 10.6. The molecule has 0 saturated carbocycles. The number of thiocarbonyl (C=S) groups is 1. The van der Waals surface area contributed by atoms with Gasteiger partial charge in [0.2, 0.25) is 0 Å². The highest BCUT2D eigenvalue weighted by Gasteiger charge is 2.18. The summed E-state index contributed by atoms with van der Waals surface area (Å²) in [5, 5.41) is 0. The maximum atomic E-state index is 12.4. The molecule has 0 fully saturated rings. The highest BCUT2D eigenvalue weighted by atomic mass is 32.2. The summed E-state index contributed by atoms with van der Waals surface area (Å²) in [5.74, 6) is 0. The van der Waals surface area contributed by atoms with Crippen LogP contribution in [0.1, 0.15) is 23.8 Å². The molecule has 0 bridgehead atoms. The lowest BCUT2D eigenvalue weighted by atomic mass is 10.1. The molecule has 1 aromatic carbocycles. The molecule has 7 heteroatoms. The Labute approximate surface area is 134 Å². The van der Waals surface area contributed by atoms with E-state index in [0.717, 1.165) is 29.7 Å². The smallest absolute Gasteiger partial charge is 0.271 e. The predicted octanol–water partition coefficient (Wildman–Crippen LogP) is 3.14. The predicted molar refractivity (Wildman–Crippen MR) is 91.5 cm³/mol. The third-order valence-corrected chi connectivity index (χ3v) is 6.20. The van der Waals surface area contributed by atoms with E-state index in [1.54, 1.807) is 12.1 Å². The minimum atomic E-state index is -3.61. The third-order valence-electron chi connectivity index (χ3n) is 2.87. The van der Waals surface area contributed by atoms with Crippen molar-refractivity contribution in [3.8, 4) is 0 Å². The average Bonchev–Trinajstić information content (AvgIpc) is 2.92. The quantitative estimate of drug-likeness (QED) is 0.793. The summed E-state index contributed by atoms with van der Waals surface area (Å²) < 4.78 is 27.7. The van der Waals surface area contributed by atoms with Crippen LogP contribution >= 0.6 is 23.6 Å². The molecular formula is C14H16N2O2S3. The molecule has 1 heterocycles. The fourth-order valence-corrected chi connectivity index (χ4v) is 4.35. The van der Waals surface area contributed by atoms with Gasteiger partial charge in [-0.05, 0) is 30.2 Å². The summed E-state index contributed by atoms with van der Waals surface area (Å²) in [6.07, 6.45) is 1.77. The molecule has 0 atom stereocenters. The molecule has 0 aliphatic rings. The Morgan fingerprint density at radius 1 is 1.29 bits per heavy atom. The lowest BCUT2D eigenvalue weighted by molar-refractivity contribution is 0.603. The van der Waals surface area contributed by atoms with Crippen molar-refractivity contribution < 1.29 is 8.42 Å². The first-order valence-electron chi connectivity index (χ1n) is 6.44. The first-order valence-corrected chi connectivity index (χ1v) is 9.15. The number of rotatable bonds is 6. The van der Waals surface area contributed by atoms with Crippen LogP contribution in [-0.4, -0.2) is 13.4 Å². The number of benzene rings is 1. The molecule has 0 amide bonds. The van der Waals surface area contributed by atoms with E-state index in [1.807, 2.05) is 18.2 Å². The lowest BCUT2D eigenvalue weighted by Gasteiger charge is -2.11. The van der Waals surface area contributed by atoms with Crippen molar-refractivity contribution in [3.05, 3.63) is 46.8 Å². The average molecular weight is 340 g/mol. The van der Waals surface area contributed by atoms with Crippen molar-refractivity contribution in [1.29, 1.82) is 0 Å². The molecule has 1 aromatic heterocycles. The van der Waals surface area contributed by atoms with Crippen molar-refractivity contribution in [1.82, 2.24) is 0 Å². The molecule has 21 heavy (non-hydrogen) atoms. The molecule has 112 valence electrons. The van der Waals surface area contributed by atoms with E-state index in [9.17, 15) is 8.42 Å². The van der Waals surface area contributed by atoms with Crippen molar-refractivity contribution in [2.45, 2.75) is 24.0 Å². The Morgan fingerprint density at radius 2 is 2.00 bits per heavy atom. The van der Waals surface area contributed by atoms with Crippen molar-refractivity contribution >= 4 is 44.3 Å². The molecule has 0 radical (unpaired) electrons. The minimum absolute atomic E-state index is 0.202. The topological polar surface area (TPSA) is 72.2 Å². The van der Waals surface area contributed by atoms with Gasteiger partial charge in [0.1, 0.15) is 9.20 Å². The number of sulfonamides is 1. The number of aryl methyl sites for hydroxylation is 1. The molecule has 4 nitrogen and oxygen atoms in total. The number of thiophene rings is 1. The Kier molecular flexibility index (Phi) is 4.97. The van der Waals surface area contributed by atoms with Gasteiger partial charge in [0.15, 0.2) is 0 Å². The second kappa shape index (κ2) is 6.55. The van der Waals surface area contributed by atoms with Gasteiger partial charge in [0.05, 0.1) is 10.6 Å². The van der Waals surface area contributed by atoms with Crippen molar-refractivity contribution in [2.75, 3.05) is 4.72 Å². The number of para-hydroxylation sites is 1. The zero-order chi connectivity index (χ0) is 15.5. The van der Waals surface area contributed by atoms with E-state index in [-0.39, 0.29) is 9.20 Å². The molecule has 0 spiro atoms. The minimum Gasteiger partial charge on any atom is -0.389 e. The molecule has 0 saturated heterocycles. The third kappa shape index (κ3) is 3.81. The first-order chi connectivity index (χ1) is 9.94. The largest absolute Gasteiger partial charge is 0.389 e. The second-order valence-corrected chi connectivity index (χ2v) is 7.93. The van der Waals surface area contributed by atoms with Crippen LogP contribution in [0.15, 0.2) is 40.6 Å². The normalized spacial score (nSPS) is 11.3. The van der Waals surface area contributed by atoms with Gasteiger partial charge >= 0.3 is 0 Å². The monoisotopic (exact) mass is 340 g/mol. The zero-order valence-corrected chi connectivity index (χ0v) is 13.9. The van der Waals surface area contributed by atoms with Gasteiger partial charge in [-0.25, -0.2) is 8.42 Å². The van der Waals surface area contributed by atoms with E-state index in [2.05, 4.69) is 11.6 Å². The Morgan fingerprint density at radius 3 is 2.62 bits per heavy atom. The van der Waals surface area contributed by atoms with Crippen molar-refractivity contribution in [3.63, 3.8) is 0 Å². The summed E-state index contributed by atoms with van der Waals surface area (Å²) in [4.78, 5) is 0.792. The maximum Gasteiger partial charge on any atom is 0.271 e. The molecule has 3 N–H and O–H groups in total. The summed E-state index contributed by atoms with van der Waals surface area (Å²) in [5.41, 5.74) is 7.11. The van der Waals surface area contributed by atoms with Crippen LogP contribution in [0.2, 0.25) is 0 Å². The molecule has 2 rings (SSSR count). The van der Waals surface area contributed by atoms with E-state index < -0.39 is 10.0 Å². The van der Waals surface area contributed by atoms with Crippen LogP contribution in [0.25, 0.3) is 0 Å². The SMILES string of the molecule is CCCc1ccccc1NS(=O)(=O)c1ccc(C(N)=S)s1. The number of hydrogen-bond donors (Lipinski definition) is 2. The van der Waals surface area contributed by atoms with E-state index in [4.69, 9.17) is 18.0 Å². The van der Waals surface area contributed by atoms with Gasteiger partial charge in [0.25, 0.3) is 10.0 Å². The Bertz CT molecular complexity index is 751. The molecule has 2 aromatic rings. The highest BCUT2D eigenvalue weighted by Crippen LogP contribution is 2.26. The van der Waals surface area contributed by atoms with E-state index in [1.165, 1.54) is 6.07 Å². The first kappa shape index (κ1) is 15.9. The van der Waals surface area contributed by atoms with Gasteiger partial charge in [-0.1, -0.05) is 43.8 Å². The highest BCUT2D eigenvalue weighted by molar-refractivity contribution is 7.94. The van der Waals surface area contributed by atoms with E-state index in [0.29, 0.717) is 10.6 Å². The molecule has 0 aliphatic carbocycles. The zero-order valence-electron chi connectivity index (χ0n) is 11.5. The number of anilines is 1. The Hall–Kier alpha value is -1.44. The second-order valence-electron chi connectivity index (χ2n) is 4.50. The van der Waals surface area contributed by atoms with Crippen molar-refractivity contribution in [2.24, 2.45) is 5.73 Å². The number of nitrogens with two attached hydrogens (primary N) is 1. The van der Waals surface area contributed by atoms with Gasteiger partial charge in [-0.15, -0.1) is 11.3 Å². The van der Waals surface area contributed by atoms with Crippen LogP contribution in [0.4, 0.5) is 5.69 Å². The lowest BCUT2D eigenvalue weighted by Crippen LogP contribution is -2.13. The number of nitrogens with one attached hydrogen (secondary N) is 1. The van der Waals surface area contributed by atoms with Crippen LogP contribution in [0.5, 0.6) is 0 Å². The van der Waals surface area contributed by atoms with Crippen LogP contribution < -0.4 is 10.5 Å². The van der Waals surface area contributed by atoms with Crippen LogP contribution in [0.3, 0.4) is 0 Å². The van der Waals surface area contributed by atoms with Crippen LogP contribution in [0, 0.1) is 0 Å². The molecular weight excluding hydrogens is 324 g/mol. The summed E-state index contributed by atoms with van der Waals surface area (Å²) >= 11 is 5.93. The summed E-state index contributed by atoms with van der Waals surface area (Å²) in [7, 11) is -3.61. The molecule has 0 aliphatic heterocycles. The van der Waals surface area contributed by atoms with E-state index >= 15 is 0 Å². The standard InChI is InChI=1S/C14H16N2O2S3/c1-2-5-10-6-3-4-7-11(10)16-21(17,18)13-9-8-12(20-13)14(15)19/h3-4,6-9,16H,2,5H2,1H3,(H2,15,19). The fourth-order valence-electron chi connectivity index (χ4n) is 1.90. The van der Waals surface area contributed by atoms with Gasteiger partial charge < -0.3 is 5.73 Å². The maximum absolute atomic E-state index is 12.4. The summed E-state index contributed by atoms with van der Waals surface area (Å²) in [6.45, 7) is 2.05.